The van der Waals surface area contributed by atoms with Crippen molar-refractivity contribution in [2.75, 3.05) is 6.67 Å². The summed E-state index contributed by atoms with van der Waals surface area (Å²) in [6.07, 6.45) is 2.91. The molecule has 2 aromatic rings. The van der Waals surface area contributed by atoms with Crippen molar-refractivity contribution in [2.45, 2.75) is 50.4 Å². The number of halogens is 5. The zero-order chi connectivity index (χ0) is 18.7. The Labute approximate surface area is 150 Å². The second-order valence-corrected chi connectivity index (χ2v) is 7.02. The topological polar surface area (TPSA) is 0 Å². The number of benzene rings is 2. The first-order valence-electron chi connectivity index (χ1n) is 8.97. The van der Waals surface area contributed by atoms with Crippen LogP contribution in [0, 0.1) is 23.3 Å². The lowest BCUT2D eigenvalue weighted by Crippen LogP contribution is -2.15. The largest absolute Gasteiger partial charge is 0.251 e. The zero-order valence-electron chi connectivity index (χ0n) is 14.4. The van der Waals surface area contributed by atoms with E-state index in [-0.39, 0.29) is 23.8 Å². The highest BCUT2D eigenvalue weighted by Crippen LogP contribution is 2.42. The molecule has 0 amide bonds. The molecule has 1 saturated carbocycles. The van der Waals surface area contributed by atoms with E-state index in [0.29, 0.717) is 43.2 Å². The van der Waals surface area contributed by atoms with Crippen LogP contribution in [-0.2, 0) is 6.42 Å². The predicted octanol–water partition coefficient (Wildman–Crippen LogP) is 6.59. The third-order valence-corrected chi connectivity index (χ3v) is 5.23. The van der Waals surface area contributed by atoms with Crippen LogP contribution in [-0.4, -0.2) is 6.67 Å². The molecule has 1 aliphatic rings. The molecular weight excluding hydrogens is 347 g/mol. The molecule has 0 N–H and O–H groups in total. The molecule has 0 radical (unpaired) electrons. The minimum atomic E-state index is -0.608. The zero-order valence-corrected chi connectivity index (χ0v) is 14.4. The summed E-state index contributed by atoms with van der Waals surface area (Å²) in [7, 11) is 0. The van der Waals surface area contributed by atoms with Gasteiger partial charge in [-0.2, -0.15) is 0 Å². The monoisotopic (exact) mass is 368 g/mol. The molecule has 0 bridgehead atoms. The van der Waals surface area contributed by atoms with Crippen LogP contribution in [0.2, 0.25) is 0 Å². The standard InChI is InChI=1S/C21H21F5/c22-7-1-2-13-8-19(25)21(20(26)9-13)15-5-3-14(4-6-15)16-10-17(23)12-18(24)11-16/h8-12,14-15H,1-7H2. The third-order valence-electron chi connectivity index (χ3n) is 5.23. The fourth-order valence-electron chi connectivity index (χ4n) is 3.97. The summed E-state index contributed by atoms with van der Waals surface area (Å²) in [4.78, 5) is 0. The summed E-state index contributed by atoms with van der Waals surface area (Å²) in [5.41, 5.74) is 1.15. The first-order chi connectivity index (χ1) is 12.5. The molecule has 3 rings (SSSR count). The van der Waals surface area contributed by atoms with Crippen molar-refractivity contribution in [1.29, 1.82) is 0 Å². The Hall–Kier alpha value is -1.91. The second-order valence-electron chi connectivity index (χ2n) is 7.02. The Balaban J connectivity index is 1.71. The summed E-state index contributed by atoms with van der Waals surface area (Å²) < 4.78 is 67.9. The fraction of sp³-hybridized carbons (Fsp3) is 0.429. The van der Waals surface area contributed by atoms with Gasteiger partial charge in [0, 0.05) is 11.6 Å². The second kappa shape index (κ2) is 8.19. The molecule has 0 unspecified atom stereocenters. The first-order valence-corrected chi connectivity index (χ1v) is 8.97. The van der Waals surface area contributed by atoms with E-state index in [0.717, 1.165) is 6.07 Å². The van der Waals surface area contributed by atoms with Crippen molar-refractivity contribution in [3.05, 3.63) is 70.3 Å². The highest BCUT2D eigenvalue weighted by molar-refractivity contribution is 5.30. The molecule has 0 aromatic heterocycles. The van der Waals surface area contributed by atoms with E-state index in [9.17, 15) is 22.0 Å². The summed E-state index contributed by atoms with van der Waals surface area (Å²) in [5.74, 6) is -2.64. The van der Waals surface area contributed by atoms with E-state index in [4.69, 9.17) is 0 Å². The fourth-order valence-corrected chi connectivity index (χ4v) is 3.97. The molecule has 0 aliphatic heterocycles. The Morgan fingerprint density at radius 2 is 1.27 bits per heavy atom. The lowest BCUT2D eigenvalue weighted by molar-refractivity contribution is 0.374. The molecule has 0 heterocycles. The lowest BCUT2D eigenvalue weighted by Gasteiger charge is -2.29. The van der Waals surface area contributed by atoms with Crippen LogP contribution in [0.1, 0.15) is 60.6 Å². The van der Waals surface area contributed by atoms with Crippen molar-refractivity contribution in [2.24, 2.45) is 0 Å². The number of aryl methyl sites for hydroxylation is 1. The van der Waals surface area contributed by atoms with Gasteiger partial charge in [0.05, 0.1) is 6.67 Å². The molecule has 0 spiro atoms. The van der Waals surface area contributed by atoms with Gasteiger partial charge in [-0.3, -0.25) is 4.39 Å². The van der Waals surface area contributed by atoms with E-state index < -0.39 is 29.9 Å². The van der Waals surface area contributed by atoms with Gasteiger partial charge in [-0.25, -0.2) is 17.6 Å². The first kappa shape index (κ1) is 18.9. The van der Waals surface area contributed by atoms with Crippen LogP contribution in [0.25, 0.3) is 0 Å². The van der Waals surface area contributed by atoms with Crippen molar-refractivity contribution >= 4 is 0 Å². The van der Waals surface area contributed by atoms with Gasteiger partial charge in [-0.05, 0) is 85.8 Å². The SMILES string of the molecule is FCCCc1cc(F)c(C2CCC(c3cc(F)cc(F)c3)CC2)c(F)c1. The third kappa shape index (κ3) is 4.25. The maximum absolute atomic E-state index is 14.4. The summed E-state index contributed by atoms with van der Waals surface area (Å²) in [5, 5.41) is 0. The highest BCUT2D eigenvalue weighted by Gasteiger charge is 2.28. The van der Waals surface area contributed by atoms with Crippen LogP contribution in [0.15, 0.2) is 30.3 Å². The van der Waals surface area contributed by atoms with Gasteiger partial charge in [0.2, 0.25) is 0 Å². The molecule has 0 atom stereocenters. The normalized spacial score (nSPS) is 20.3. The van der Waals surface area contributed by atoms with Gasteiger partial charge < -0.3 is 0 Å². The van der Waals surface area contributed by atoms with Gasteiger partial charge in [-0.15, -0.1) is 0 Å². The van der Waals surface area contributed by atoms with Gasteiger partial charge in [-0.1, -0.05) is 0 Å². The minimum Gasteiger partial charge on any atom is -0.251 e. The van der Waals surface area contributed by atoms with Gasteiger partial charge in [0.15, 0.2) is 0 Å². The van der Waals surface area contributed by atoms with Crippen LogP contribution >= 0.6 is 0 Å². The highest BCUT2D eigenvalue weighted by atomic mass is 19.1. The molecule has 140 valence electrons. The lowest BCUT2D eigenvalue weighted by atomic mass is 9.75. The molecule has 26 heavy (non-hydrogen) atoms. The molecule has 0 nitrogen and oxygen atoms in total. The Kier molecular flexibility index (Phi) is 5.94. The van der Waals surface area contributed by atoms with Crippen LogP contribution < -0.4 is 0 Å². The Morgan fingerprint density at radius 3 is 1.81 bits per heavy atom. The van der Waals surface area contributed by atoms with Crippen LogP contribution in [0.4, 0.5) is 22.0 Å². The quantitative estimate of drug-likeness (QED) is 0.523. The maximum Gasteiger partial charge on any atom is 0.129 e. The number of hydrogen-bond donors (Lipinski definition) is 0. The maximum atomic E-state index is 14.4. The molecule has 2 aromatic carbocycles. The number of rotatable bonds is 5. The van der Waals surface area contributed by atoms with Crippen molar-refractivity contribution < 1.29 is 22.0 Å². The van der Waals surface area contributed by atoms with Crippen LogP contribution in [0.5, 0.6) is 0 Å². The average molecular weight is 368 g/mol. The summed E-state index contributed by atoms with van der Waals surface area (Å²) >= 11 is 0. The molecule has 5 heteroatoms. The van der Waals surface area contributed by atoms with Crippen molar-refractivity contribution in [3.63, 3.8) is 0 Å². The Bertz CT molecular complexity index is 720. The number of alkyl halides is 1. The van der Waals surface area contributed by atoms with Crippen molar-refractivity contribution in [1.82, 2.24) is 0 Å². The summed E-state index contributed by atoms with van der Waals surface area (Å²) in [6, 6.07) is 6.08. The van der Waals surface area contributed by atoms with Crippen molar-refractivity contribution in [3.8, 4) is 0 Å². The van der Waals surface area contributed by atoms with Gasteiger partial charge >= 0.3 is 0 Å². The minimum absolute atomic E-state index is 0.00796. The summed E-state index contributed by atoms with van der Waals surface area (Å²) in [6.45, 7) is -0.518. The van der Waals surface area contributed by atoms with E-state index in [1.54, 1.807) is 0 Å². The van der Waals surface area contributed by atoms with E-state index in [2.05, 4.69) is 0 Å². The van der Waals surface area contributed by atoms with Crippen LogP contribution in [0.3, 0.4) is 0 Å². The van der Waals surface area contributed by atoms with E-state index in [1.165, 1.54) is 24.3 Å². The molecule has 1 aliphatic carbocycles. The van der Waals surface area contributed by atoms with Gasteiger partial charge in [0.25, 0.3) is 0 Å². The molecular formula is C21H21F5. The smallest absolute Gasteiger partial charge is 0.129 e. The molecule has 0 saturated heterocycles. The Morgan fingerprint density at radius 1 is 0.731 bits per heavy atom. The number of hydrogen-bond acceptors (Lipinski definition) is 0. The molecule has 1 fully saturated rings. The van der Waals surface area contributed by atoms with Gasteiger partial charge in [0.1, 0.15) is 23.3 Å². The predicted molar refractivity (Wildman–Crippen MR) is 91.0 cm³/mol. The average Bonchev–Trinajstić information content (AvgIpc) is 2.59. The van der Waals surface area contributed by atoms with E-state index in [1.807, 2.05) is 0 Å². The van der Waals surface area contributed by atoms with E-state index >= 15 is 0 Å².